The smallest absolute Gasteiger partial charge is 0.0645 e. The molecule has 0 aliphatic heterocycles. The van der Waals surface area contributed by atoms with Gasteiger partial charge in [0.25, 0.3) is 0 Å². The van der Waals surface area contributed by atoms with E-state index in [2.05, 4.69) is 86.2 Å². The molecule has 0 amide bonds. The van der Waals surface area contributed by atoms with Crippen molar-refractivity contribution in [2.75, 3.05) is 0 Å². The topological polar surface area (TPSA) is 43.6 Å². The van der Waals surface area contributed by atoms with Gasteiger partial charge in [-0.25, -0.2) is 0 Å². The van der Waals surface area contributed by atoms with Gasteiger partial charge in [0.15, 0.2) is 0 Å². The first-order valence-corrected chi connectivity index (χ1v) is 11.6. The van der Waals surface area contributed by atoms with Crippen LogP contribution in [0.25, 0.3) is 60.5 Å². The predicted molar refractivity (Wildman–Crippen MR) is 143 cm³/mol. The van der Waals surface area contributed by atoms with Crippen LogP contribution >= 0.6 is 0 Å². The van der Waals surface area contributed by atoms with Crippen molar-refractivity contribution in [3.8, 4) is 27.9 Å². The van der Waals surface area contributed by atoms with Gasteiger partial charge in [-0.1, -0.05) is 42.5 Å². The lowest BCUT2D eigenvalue weighted by atomic mass is 9.95. The van der Waals surface area contributed by atoms with Crippen molar-refractivity contribution in [2.24, 2.45) is 0 Å². The molecule has 4 nitrogen and oxygen atoms in total. The molecule has 0 saturated carbocycles. The number of nitrogens with zero attached hydrogens (tertiary/aromatic N) is 4. The van der Waals surface area contributed by atoms with E-state index in [1.807, 2.05) is 55.4 Å². The molecule has 0 aliphatic rings. The number of hydrogen-bond donors (Lipinski definition) is 0. The fourth-order valence-electron chi connectivity index (χ4n) is 5.10. The Hall–Kier alpha value is -4.83. The maximum atomic E-state index is 4.43. The van der Waals surface area contributed by atoms with Gasteiger partial charge in [-0.15, -0.1) is 0 Å². The summed E-state index contributed by atoms with van der Waals surface area (Å²) < 4.78 is 2.33. The van der Waals surface area contributed by atoms with Crippen LogP contribution in [-0.2, 0) is 0 Å². The highest BCUT2D eigenvalue weighted by molar-refractivity contribution is 6.22. The molecule has 0 atom stereocenters. The van der Waals surface area contributed by atoms with Gasteiger partial charge in [0.2, 0.25) is 0 Å². The minimum absolute atomic E-state index is 1.04. The Kier molecular flexibility index (Phi) is 4.42. The van der Waals surface area contributed by atoms with Gasteiger partial charge in [-0.2, -0.15) is 0 Å². The van der Waals surface area contributed by atoms with Crippen LogP contribution in [0.5, 0.6) is 0 Å². The Labute approximate surface area is 202 Å². The minimum Gasteiger partial charge on any atom is -0.307 e. The molecule has 4 heterocycles. The monoisotopic (exact) mass is 448 g/mol. The van der Waals surface area contributed by atoms with E-state index in [-0.39, 0.29) is 0 Å². The zero-order valence-electron chi connectivity index (χ0n) is 18.8. The highest BCUT2D eigenvalue weighted by Crippen LogP contribution is 2.41. The van der Waals surface area contributed by atoms with Gasteiger partial charge in [0.05, 0.1) is 22.9 Å². The molecule has 4 heteroatoms. The summed E-state index contributed by atoms with van der Waals surface area (Å²) in [5.74, 6) is 0. The van der Waals surface area contributed by atoms with Crippen LogP contribution in [0.15, 0.2) is 122 Å². The standard InChI is InChI=1S/C31H20N4/c1-2-10-26-25(9-1)27(23-7-4-14-33-19-23)17-29-28-16-21(22-6-3-13-32-18-22)11-12-30(28)35(31(26)29)24-8-5-15-34-20-24/h1-20H. The van der Waals surface area contributed by atoms with E-state index in [4.69, 9.17) is 0 Å². The summed E-state index contributed by atoms with van der Waals surface area (Å²) in [6, 6.07) is 29.9. The van der Waals surface area contributed by atoms with E-state index in [1.165, 1.54) is 32.6 Å². The van der Waals surface area contributed by atoms with E-state index >= 15 is 0 Å². The molecule has 0 saturated heterocycles. The molecule has 0 N–H and O–H groups in total. The fraction of sp³-hybridized carbons (Fsp3) is 0. The average molecular weight is 449 g/mol. The number of aromatic nitrogens is 4. The summed E-state index contributed by atoms with van der Waals surface area (Å²) in [6.07, 6.45) is 11.2. The first kappa shape index (κ1) is 19.6. The second-order valence-electron chi connectivity index (χ2n) is 8.63. The summed E-state index contributed by atoms with van der Waals surface area (Å²) in [5.41, 5.74) is 7.90. The maximum absolute atomic E-state index is 4.43. The third kappa shape index (κ3) is 3.11. The van der Waals surface area contributed by atoms with Crippen molar-refractivity contribution in [1.82, 2.24) is 19.5 Å². The largest absolute Gasteiger partial charge is 0.307 e. The summed E-state index contributed by atoms with van der Waals surface area (Å²) in [7, 11) is 0. The summed E-state index contributed by atoms with van der Waals surface area (Å²) >= 11 is 0. The highest BCUT2D eigenvalue weighted by atomic mass is 15.0. The molecule has 0 unspecified atom stereocenters. The third-order valence-corrected chi connectivity index (χ3v) is 6.64. The summed E-state index contributed by atoms with van der Waals surface area (Å²) in [4.78, 5) is 13.2. The van der Waals surface area contributed by atoms with Gasteiger partial charge < -0.3 is 4.57 Å². The summed E-state index contributed by atoms with van der Waals surface area (Å²) in [6.45, 7) is 0. The molecular weight excluding hydrogens is 428 g/mol. The van der Waals surface area contributed by atoms with E-state index in [9.17, 15) is 0 Å². The van der Waals surface area contributed by atoms with Crippen molar-refractivity contribution < 1.29 is 0 Å². The lowest BCUT2D eigenvalue weighted by molar-refractivity contribution is 1.15. The third-order valence-electron chi connectivity index (χ3n) is 6.64. The second kappa shape index (κ2) is 7.89. The lowest BCUT2D eigenvalue weighted by Crippen LogP contribution is -1.95. The molecule has 0 bridgehead atoms. The SMILES string of the molecule is c1cncc(-c2ccc3c(c2)c2cc(-c4cccnc4)c4ccccc4c2n3-c2cccnc2)c1. The van der Waals surface area contributed by atoms with Crippen molar-refractivity contribution in [3.05, 3.63) is 122 Å². The van der Waals surface area contributed by atoms with E-state index in [0.29, 0.717) is 0 Å². The molecule has 0 spiro atoms. The maximum Gasteiger partial charge on any atom is 0.0645 e. The Balaban J connectivity index is 1.67. The molecule has 0 fully saturated rings. The van der Waals surface area contributed by atoms with Gasteiger partial charge in [-0.3, -0.25) is 15.0 Å². The van der Waals surface area contributed by atoms with Crippen LogP contribution in [0.4, 0.5) is 0 Å². The number of benzene rings is 3. The van der Waals surface area contributed by atoms with E-state index in [1.54, 1.807) is 0 Å². The highest BCUT2D eigenvalue weighted by Gasteiger charge is 2.18. The summed E-state index contributed by atoms with van der Waals surface area (Å²) in [5, 5.41) is 4.80. The number of hydrogen-bond acceptors (Lipinski definition) is 3. The first-order chi connectivity index (χ1) is 17.4. The van der Waals surface area contributed by atoms with Crippen LogP contribution in [-0.4, -0.2) is 19.5 Å². The second-order valence-corrected chi connectivity index (χ2v) is 8.63. The van der Waals surface area contributed by atoms with Crippen molar-refractivity contribution >= 4 is 32.6 Å². The van der Waals surface area contributed by atoms with Crippen LogP contribution in [0.1, 0.15) is 0 Å². The molecule has 7 aromatic rings. The van der Waals surface area contributed by atoms with Gasteiger partial charge in [0, 0.05) is 58.3 Å². The van der Waals surface area contributed by atoms with E-state index in [0.717, 1.165) is 27.9 Å². The molecule has 0 radical (unpaired) electrons. The molecular formula is C31H20N4. The van der Waals surface area contributed by atoms with Crippen LogP contribution in [0.3, 0.4) is 0 Å². The zero-order chi connectivity index (χ0) is 23.2. The normalized spacial score (nSPS) is 11.4. The fourth-order valence-corrected chi connectivity index (χ4v) is 5.10. The molecule has 0 aliphatic carbocycles. The Morgan fingerprint density at radius 1 is 0.486 bits per heavy atom. The van der Waals surface area contributed by atoms with Crippen LogP contribution in [0.2, 0.25) is 0 Å². The number of rotatable bonds is 3. The molecule has 35 heavy (non-hydrogen) atoms. The van der Waals surface area contributed by atoms with Crippen molar-refractivity contribution in [1.29, 1.82) is 0 Å². The Morgan fingerprint density at radius 3 is 1.91 bits per heavy atom. The minimum atomic E-state index is 1.04. The Morgan fingerprint density at radius 2 is 1.20 bits per heavy atom. The van der Waals surface area contributed by atoms with Crippen molar-refractivity contribution in [3.63, 3.8) is 0 Å². The molecule has 4 aromatic heterocycles. The number of pyridine rings is 3. The predicted octanol–water partition coefficient (Wildman–Crippen LogP) is 7.46. The number of fused-ring (bicyclic) bond motifs is 5. The molecule has 7 rings (SSSR count). The molecule has 3 aromatic carbocycles. The quantitative estimate of drug-likeness (QED) is 0.282. The van der Waals surface area contributed by atoms with E-state index < -0.39 is 0 Å². The zero-order valence-corrected chi connectivity index (χ0v) is 18.8. The van der Waals surface area contributed by atoms with Gasteiger partial charge >= 0.3 is 0 Å². The van der Waals surface area contributed by atoms with Crippen LogP contribution < -0.4 is 0 Å². The Bertz CT molecular complexity index is 1820. The van der Waals surface area contributed by atoms with Gasteiger partial charge in [0.1, 0.15) is 0 Å². The van der Waals surface area contributed by atoms with Crippen LogP contribution in [0, 0.1) is 0 Å². The first-order valence-electron chi connectivity index (χ1n) is 11.6. The average Bonchev–Trinajstić information content (AvgIpc) is 3.28. The van der Waals surface area contributed by atoms with Gasteiger partial charge in [-0.05, 0) is 59.0 Å². The van der Waals surface area contributed by atoms with Crippen molar-refractivity contribution in [2.45, 2.75) is 0 Å². The molecule has 164 valence electrons. The lowest BCUT2D eigenvalue weighted by Gasteiger charge is -2.12.